The molecule has 0 aliphatic heterocycles. The summed E-state index contributed by atoms with van der Waals surface area (Å²) in [4.78, 5) is 11.9. The Balaban J connectivity index is 2.15. The van der Waals surface area contributed by atoms with Crippen LogP contribution in [0, 0.1) is 5.41 Å². The van der Waals surface area contributed by atoms with Crippen molar-refractivity contribution in [2.24, 2.45) is 11.1 Å². The van der Waals surface area contributed by atoms with Gasteiger partial charge in [-0.15, -0.1) is 0 Å². The van der Waals surface area contributed by atoms with Gasteiger partial charge in [-0.3, -0.25) is 14.7 Å². The average Bonchev–Trinajstić information content (AvgIpc) is 3.07. The molecule has 1 amide bonds. The van der Waals surface area contributed by atoms with Crippen LogP contribution in [0.2, 0.25) is 0 Å². The number of nitrogens with two attached hydrogens (primary N) is 1. The molecule has 2 aromatic rings. The summed E-state index contributed by atoms with van der Waals surface area (Å²) in [6.07, 6.45) is 3.79. The van der Waals surface area contributed by atoms with Crippen molar-refractivity contribution in [3.05, 3.63) is 42.2 Å². The van der Waals surface area contributed by atoms with Crippen molar-refractivity contribution in [3.63, 3.8) is 0 Å². The third-order valence-electron chi connectivity index (χ3n) is 4.17. The van der Waals surface area contributed by atoms with Crippen molar-refractivity contribution in [2.45, 2.75) is 26.4 Å². The minimum atomic E-state index is -2.16. The predicted molar refractivity (Wildman–Crippen MR) is 93.8 cm³/mol. The van der Waals surface area contributed by atoms with Gasteiger partial charge in [0.15, 0.2) is 11.1 Å². The smallest absolute Gasteiger partial charge is 0.250 e. The minimum absolute atomic E-state index is 0.241. The highest BCUT2D eigenvalue weighted by Crippen LogP contribution is 2.26. The number of nitrogens with one attached hydrogen (secondary N) is 1. The monoisotopic (exact) mass is 366 g/mol. The number of hydroxylamine groups is 1. The van der Waals surface area contributed by atoms with Gasteiger partial charge in [-0.05, 0) is 24.5 Å². The zero-order chi connectivity index (χ0) is 18.4. The lowest BCUT2D eigenvalue weighted by Gasteiger charge is -2.25. The predicted octanol–water partition coefficient (Wildman–Crippen LogP) is 1.13. The topological polar surface area (TPSA) is 130 Å². The largest absolute Gasteiger partial charge is 0.326 e. The van der Waals surface area contributed by atoms with Gasteiger partial charge in [0.05, 0.1) is 17.4 Å². The summed E-state index contributed by atoms with van der Waals surface area (Å²) in [7, 11) is 0. The van der Waals surface area contributed by atoms with E-state index in [9.17, 15) is 9.00 Å². The van der Waals surface area contributed by atoms with Crippen LogP contribution in [0.4, 0.5) is 0 Å². The van der Waals surface area contributed by atoms with Crippen LogP contribution in [-0.4, -0.2) is 35.4 Å². The number of hydrogen-bond acceptors (Lipinski definition) is 5. The number of benzene rings is 1. The number of amides is 1. The van der Waals surface area contributed by atoms with Gasteiger partial charge in [0.1, 0.15) is 0 Å². The lowest BCUT2D eigenvalue weighted by molar-refractivity contribution is -0.138. The summed E-state index contributed by atoms with van der Waals surface area (Å²) in [6.45, 7) is 2.30. The van der Waals surface area contributed by atoms with E-state index in [2.05, 4.69) is 5.10 Å². The normalized spacial score (nSPS) is 14.7. The molecule has 136 valence electrons. The standard InChI is InChI=1S/C16H22N4O4S/c1-16(11-25(23)24,15(21)19-22)6-7-20-10-13(9-18-20)14-5-3-2-4-12(14)8-17/h2-5,9-10,22H,6-8,11,17H2,1H3,(H,19,21)(H,23,24). The van der Waals surface area contributed by atoms with Crippen LogP contribution in [-0.2, 0) is 29.0 Å². The number of rotatable bonds is 8. The molecule has 2 atom stereocenters. The fraction of sp³-hybridized carbons (Fsp3) is 0.375. The number of carbonyl (C=O) groups excluding carboxylic acids is 1. The maximum atomic E-state index is 11.9. The van der Waals surface area contributed by atoms with Gasteiger partial charge >= 0.3 is 0 Å². The van der Waals surface area contributed by atoms with Crippen LogP contribution in [0.25, 0.3) is 11.1 Å². The van der Waals surface area contributed by atoms with Gasteiger partial charge in [0.2, 0.25) is 5.91 Å². The molecule has 0 spiro atoms. The Kier molecular flexibility index (Phi) is 6.43. The highest BCUT2D eigenvalue weighted by atomic mass is 32.2. The first-order valence-corrected chi connectivity index (χ1v) is 9.00. The molecule has 2 unspecified atom stereocenters. The molecule has 0 bridgehead atoms. The molecule has 1 aromatic heterocycles. The summed E-state index contributed by atoms with van der Waals surface area (Å²) in [5, 5.41) is 13.2. The maximum Gasteiger partial charge on any atom is 0.250 e. The molecule has 5 N–H and O–H groups in total. The van der Waals surface area contributed by atoms with E-state index in [1.54, 1.807) is 16.4 Å². The average molecular weight is 366 g/mol. The van der Waals surface area contributed by atoms with Crippen LogP contribution in [0.1, 0.15) is 18.9 Å². The van der Waals surface area contributed by atoms with Gasteiger partial charge < -0.3 is 10.3 Å². The third-order valence-corrected chi connectivity index (χ3v) is 5.05. The number of hydrogen-bond donors (Lipinski definition) is 4. The minimum Gasteiger partial charge on any atom is -0.326 e. The number of nitrogens with zero attached hydrogens (tertiary/aromatic N) is 2. The Hall–Kier alpha value is -2.07. The molecule has 0 radical (unpaired) electrons. The van der Waals surface area contributed by atoms with Crippen molar-refractivity contribution in [2.75, 3.05) is 5.75 Å². The quantitative estimate of drug-likeness (QED) is 0.315. The Labute approximate surface area is 148 Å². The van der Waals surface area contributed by atoms with Crippen molar-refractivity contribution in [1.29, 1.82) is 0 Å². The van der Waals surface area contributed by atoms with Crippen molar-refractivity contribution in [1.82, 2.24) is 15.3 Å². The van der Waals surface area contributed by atoms with Gasteiger partial charge in [-0.2, -0.15) is 5.10 Å². The summed E-state index contributed by atoms with van der Waals surface area (Å²) in [5.74, 6) is -0.973. The lowest BCUT2D eigenvalue weighted by Crippen LogP contribution is -2.42. The molecule has 1 aromatic carbocycles. The van der Waals surface area contributed by atoms with Gasteiger partial charge in [-0.25, -0.2) is 9.69 Å². The summed E-state index contributed by atoms with van der Waals surface area (Å²) < 4.78 is 21.9. The molecule has 1 heterocycles. The Bertz CT molecular complexity index is 764. The third kappa shape index (κ3) is 4.73. The first-order chi connectivity index (χ1) is 11.9. The van der Waals surface area contributed by atoms with E-state index >= 15 is 0 Å². The second-order valence-corrected chi connectivity index (χ2v) is 7.00. The van der Waals surface area contributed by atoms with E-state index < -0.39 is 22.4 Å². The molecule has 25 heavy (non-hydrogen) atoms. The Morgan fingerprint density at radius 3 is 2.80 bits per heavy atom. The number of aromatic nitrogens is 2. The van der Waals surface area contributed by atoms with Gasteiger partial charge in [0, 0.05) is 24.8 Å². The Morgan fingerprint density at radius 2 is 2.16 bits per heavy atom. The SMILES string of the molecule is CC(CCn1cc(-c2ccccc2CN)cn1)(CS(=O)O)C(=O)NO. The highest BCUT2D eigenvalue weighted by molar-refractivity contribution is 7.79. The van der Waals surface area contributed by atoms with E-state index in [1.807, 2.05) is 30.5 Å². The zero-order valence-electron chi connectivity index (χ0n) is 13.9. The van der Waals surface area contributed by atoms with Crippen molar-refractivity contribution in [3.8, 4) is 11.1 Å². The molecule has 2 rings (SSSR count). The van der Waals surface area contributed by atoms with Crippen molar-refractivity contribution >= 4 is 17.0 Å². The van der Waals surface area contributed by atoms with Gasteiger partial charge in [0.25, 0.3) is 0 Å². The molecule has 0 fully saturated rings. The summed E-state index contributed by atoms with van der Waals surface area (Å²) >= 11 is -2.16. The van der Waals surface area contributed by atoms with Gasteiger partial charge in [-0.1, -0.05) is 24.3 Å². The number of aryl methyl sites for hydroxylation is 1. The molecule has 0 saturated carbocycles. The van der Waals surface area contributed by atoms with Crippen LogP contribution in [0.5, 0.6) is 0 Å². The van der Waals surface area contributed by atoms with Crippen LogP contribution < -0.4 is 11.2 Å². The first kappa shape index (κ1) is 19.3. The summed E-state index contributed by atoms with van der Waals surface area (Å²) in [6, 6.07) is 7.75. The molecule has 9 heteroatoms. The highest BCUT2D eigenvalue weighted by Gasteiger charge is 2.35. The van der Waals surface area contributed by atoms with E-state index in [-0.39, 0.29) is 12.2 Å². The molecular formula is C16H22N4O4S. The second-order valence-electron chi connectivity index (χ2n) is 6.07. The molecule has 0 aliphatic carbocycles. The molecule has 0 aliphatic rings. The maximum absolute atomic E-state index is 11.9. The Morgan fingerprint density at radius 1 is 1.44 bits per heavy atom. The number of carbonyl (C=O) groups is 1. The summed E-state index contributed by atoms with van der Waals surface area (Å²) in [5.41, 5.74) is 9.03. The first-order valence-electron chi connectivity index (χ1n) is 7.72. The fourth-order valence-corrected chi connectivity index (χ4v) is 3.45. The van der Waals surface area contributed by atoms with Crippen LogP contribution in [0.15, 0.2) is 36.7 Å². The van der Waals surface area contributed by atoms with E-state index in [0.29, 0.717) is 13.1 Å². The fourth-order valence-electron chi connectivity index (χ4n) is 2.62. The molecule has 0 saturated heterocycles. The van der Waals surface area contributed by atoms with Crippen LogP contribution >= 0.6 is 0 Å². The molecule has 8 nitrogen and oxygen atoms in total. The lowest BCUT2D eigenvalue weighted by atomic mass is 9.88. The van der Waals surface area contributed by atoms with E-state index in [4.69, 9.17) is 15.5 Å². The van der Waals surface area contributed by atoms with Crippen LogP contribution in [0.3, 0.4) is 0 Å². The van der Waals surface area contributed by atoms with E-state index in [0.717, 1.165) is 16.7 Å². The zero-order valence-corrected chi connectivity index (χ0v) is 14.7. The molecular weight excluding hydrogens is 344 g/mol. The second kappa shape index (κ2) is 8.34. The van der Waals surface area contributed by atoms with E-state index in [1.165, 1.54) is 6.92 Å². The van der Waals surface area contributed by atoms with Crippen molar-refractivity contribution < 1.29 is 18.8 Å².